The molecule has 1 aliphatic rings. The standard InChI is InChI=1S/C14H16O6/c1-20-12(17)11(16)10(15)8-2-4-9(5-3-8)14(6-7-14)13(18)19/h2-5,10-11,15-16H,6-7H2,1H3,(H,18,19). The van der Waals surface area contributed by atoms with Gasteiger partial charge in [0.25, 0.3) is 0 Å². The van der Waals surface area contributed by atoms with E-state index in [1.807, 2.05) is 0 Å². The third kappa shape index (κ3) is 2.39. The Morgan fingerprint density at radius 2 is 1.75 bits per heavy atom. The van der Waals surface area contributed by atoms with Crippen LogP contribution >= 0.6 is 0 Å². The van der Waals surface area contributed by atoms with Crippen molar-refractivity contribution >= 4 is 11.9 Å². The van der Waals surface area contributed by atoms with Crippen LogP contribution in [0, 0.1) is 0 Å². The number of carbonyl (C=O) groups excluding carboxylic acids is 1. The molecule has 2 atom stereocenters. The van der Waals surface area contributed by atoms with Crippen molar-refractivity contribution in [3.63, 3.8) is 0 Å². The smallest absolute Gasteiger partial charge is 0.337 e. The molecule has 20 heavy (non-hydrogen) atoms. The van der Waals surface area contributed by atoms with Crippen molar-refractivity contribution in [3.8, 4) is 0 Å². The van der Waals surface area contributed by atoms with Crippen LogP contribution < -0.4 is 0 Å². The van der Waals surface area contributed by atoms with E-state index in [0.29, 0.717) is 24.0 Å². The van der Waals surface area contributed by atoms with Gasteiger partial charge in [-0.1, -0.05) is 24.3 Å². The number of hydrogen-bond acceptors (Lipinski definition) is 5. The van der Waals surface area contributed by atoms with Crippen LogP contribution in [0.2, 0.25) is 0 Å². The first-order valence-electron chi connectivity index (χ1n) is 6.20. The van der Waals surface area contributed by atoms with E-state index in [-0.39, 0.29) is 0 Å². The molecule has 3 N–H and O–H groups in total. The first-order chi connectivity index (χ1) is 9.42. The van der Waals surface area contributed by atoms with Gasteiger partial charge in [-0.15, -0.1) is 0 Å². The lowest BCUT2D eigenvalue weighted by Gasteiger charge is -2.17. The molecule has 6 nitrogen and oxygen atoms in total. The number of aliphatic carboxylic acids is 1. The third-order valence-electron chi connectivity index (χ3n) is 3.71. The molecule has 2 unspecified atom stereocenters. The Labute approximate surface area is 115 Å². The lowest BCUT2D eigenvalue weighted by Crippen LogP contribution is -2.29. The van der Waals surface area contributed by atoms with Crippen molar-refractivity contribution in [2.75, 3.05) is 7.11 Å². The van der Waals surface area contributed by atoms with Crippen LogP contribution in [-0.4, -0.2) is 40.5 Å². The van der Waals surface area contributed by atoms with E-state index < -0.39 is 29.6 Å². The van der Waals surface area contributed by atoms with Gasteiger partial charge in [0, 0.05) is 0 Å². The first kappa shape index (κ1) is 14.5. The summed E-state index contributed by atoms with van der Waals surface area (Å²) in [6.45, 7) is 0. The summed E-state index contributed by atoms with van der Waals surface area (Å²) in [4.78, 5) is 22.3. The Kier molecular flexibility index (Phi) is 3.78. The van der Waals surface area contributed by atoms with Gasteiger partial charge in [0.1, 0.15) is 6.10 Å². The summed E-state index contributed by atoms with van der Waals surface area (Å²) in [5.74, 6) is -1.79. The number of carboxylic acid groups (broad SMARTS) is 1. The lowest BCUT2D eigenvalue weighted by atomic mass is 9.93. The minimum atomic E-state index is -1.67. The van der Waals surface area contributed by atoms with Crippen molar-refractivity contribution in [3.05, 3.63) is 35.4 Å². The summed E-state index contributed by atoms with van der Waals surface area (Å²) in [5, 5.41) is 28.6. The maximum Gasteiger partial charge on any atom is 0.337 e. The summed E-state index contributed by atoms with van der Waals surface area (Å²) in [6.07, 6.45) is -1.89. The normalized spacial score (nSPS) is 18.9. The Balaban J connectivity index is 2.17. The Morgan fingerprint density at radius 3 is 2.15 bits per heavy atom. The largest absolute Gasteiger partial charge is 0.481 e. The van der Waals surface area contributed by atoms with Gasteiger partial charge in [-0.25, -0.2) is 4.79 Å². The minimum Gasteiger partial charge on any atom is -0.481 e. The van der Waals surface area contributed by atoms with Crippen LogP contribution in [0.1, 0.15) is 30.1 Å². The first-order valence-corrected chi connectivity index (χ1v) is 6.20. The monoisotopic (exact) mass is 280 g/mol. The van der Waals surface area contributed by atoms with Gasteiger partial charge in [0.05, 0.1) is 12.5 Å². The molecule has 0 spiro atoms. The summed E-state index contributed by atoms with van der Waals surface area (Å²) >= 11 is 0. The molecule has 0 radical (unpaired) electrons. The van der Waals surface area contributed by atoms with Crippen LogP contribution in [0.3, 0.4) is 0 Å². The molecule has 0 aliphatic heterocycles. The van der Waals surface area contributed by atoms with Gasteiger partial charge in [-0.05, 0) is 24.0 Å². The number of aliphatic hydroxyl groups is 2. The third-order valence-corrected chi connectivity index (χ3v) is 3.71. The van der Waals surface area contributed by atoms with E-state index in [0.717, 1.165) is 7.11 Å². The van der Waals surface area contributed by atoms with Crippen molar-refractivity contribution in [2.24, 2.45) is 0 Å². The van der Waals surface area contributed by atoms with E-state index in [1.54, 1.807) is 12.1 Å². The molecule has 1 aromatic carbocycles. The van der Waals surface area contributed by atoms with E-state index >= 15 is 0 Å². The summed E-state index contributed by atoms with van der Waals surface area (Å²) in [6, 6.07) is 6.22. The quantitative estimate of drug-likeness (QED) is 0.673. The predicted molar refractivity (Wildman–Crippen MR) is 68.0 cm³/mol. The molecule has 0 heterocycles. The molecular formula is C14H16O6. The van der Waals surface area contributed by atoms with E-state index in [9.17, 15) is 24.9 Å². The molecule has 1 saturated carbocycles. The molecular weight excluding hydrogens is 264 g/mol. The molecule has 2 rings (SSSR count). The number of rotatable bonds is 5. The highest BCUT2D eigenvalue weighted by Crippen LogP contribution is 2.48. The molecule has 0 amide bonds. The van der Waals surface area contributed by atoms with Gasteiger partial charge >= 0.3 is 11.9 Å². The molecule has 1 fully saturated rings. The van der Waals surface area contributed by atoms with Crippen molar-refractivity contribution in [1.29, 1.82) is 0 Å². The highest BCUT2D eigenvalue weighted by atomic mass is 16.5. The fourth-order valence-corrected chi connectivity index (χ4v) is 2.18. The molecule has 0 saturated heterocycles. The fraction of sp³-hybridized carbons (Fsp3) is 0.429. The van der Waals surface area contributed by atoms with Crippen LogP contribution in [0.5, 0.6) is 0 Å². The Bertz CT molecular complexity index is 517. The fourth-order valence-electron chi connectivity index (χ4n) is 2.18. The number of ether oxygens (including phenoxy) is 1. The summed E-state index contributed by atoms with van der Waals surface area (Å²) < 4.78 is 4.35. The minimum absolute atomic E-state index is 0.327. The summed E-state index contributed by atoms with van der Waals surface area (Å²) in [5.41, 5.74) is 0.172. The number of aliphatic hydroxyl groups excluding tert-OH is 2. The number of methoxy groups -OCH3 is 1. The van der Waals surface area contributed by atoms with Gasteiger partial charge in [0.15, 0.2) is 6.10 Å². The van der Waals surface area contributed by atoms with Crippen molar-refractivity contribution in [2.45, 2.75) is 30.5 Å². The highest BCUT2D eigenvalue weighted by molar-refractivity contribution is 5.84. The van der Waals surface area contributed by atoms with E-state index in [1.165, 1.54) is 12.1 Å². The second-order valence-corrected chi connectivity index (χ2v) is 4.92. The average molecular weight is 280 g/mol. The van der Waals surface area contributed by atoms with Gasteiger partial charge < -0.3 is 20.1 Å². The van der Waals surface area contributed by atoms with Gasteiger partial charge in [-0.3, -0.25) is 4.79 Å². The van der Waals surface area contributed by atoms with Crippen LogP contribution in [-0.2, 0) is 19.7 Å². The Morgan fingerprint density at radius 1 is 1.20 bits per heavy atom. The summed E-state index contributed by atoms with van der Waals surface area (Å²) in [7, 11) is 1.12. The Hall–Kier alpha value is -1.92. The molecule has 108 valence electrons. The highest BCUT2D eigenvalue weighted by Gasteiger charge is 2.51. The van der Waals surface area contributed by atoms with Crippen molar-refractivity contribution in [1.82, 2.24) is 0 Å². The number of carbonyl (C=O) groups is 2. The number of carboxylic acids is 1. The van der Waals surface area contributed by atoms with Gasteiger partial charge in [0.2, 0.25) is 0 Å². The van der Waals surface area contributed by atoms with Crippen LogP contribution in [0.25, 0.3) is 0 Å². The van der Waals surface area contributed by atoms with Gasteiger partial charge in [-0.2, -0.15) is 0 Å². The molecule has 0 bridgehead atoms. The SMILES string of the molecule is COC(=O)C(O)C(O)c1ccc(C2(C(=O)O)CC2)cc1. The second kappa shape index (κ2) is 5.22. The predicted octanol–water partition coefficient (Wildman–Crippen LogP) is 0.370. The van der Waals surface area contributed by atoms with E-state index in [2.05, 4.69) is 4.74 Å². The number of hydrogen-bond donors (Lipinski definition) is 3. The average Bonchev–Trinajstić information content (AvgIpc) is 3.26. The number of esters is 1. The van der Waals surface area contributed by atoms with E-state index in [4.69, 9.17) is 0 Å². The van der Waals surface area contributed by atoms with Crippen molar-refractivity contribution < 1.29 is 29.6 Å². The molecule has 1 aliphatic carbocycles. The molecule has 1 aromatic rings. The number of benzene rings is 1. The zero-order valence-electron chi connectivity index (χ0n) is 10.9. The molecule has 6 heteroatoms. The van der Waals surface area contributed by atoms with Crippen LogP contribution in [0.15, 0.2) is 24.3 Å². The maximum atomic E-state index is 11.2. The topological polar surface area (TPSA) is 104 Å². The van der Waals surface area contributed by atoms with Crippen LogP contribution in [0.4, 0.5) is 0 Å². The second-order valence-electron chi connectivity index (χ2n) is 4.92. The lowest BCUT2D eigenvalue weighted by molar-refractivity contribution is -0.156. The zero-order chi connectivity index (χ0) is 14.9. The zero-order valence-corrected chi connectivity index (χ0v) is 10.9. The maximum absolute atomic E-state index is 11.2. The molecule has 0 aromatic heterocycles.